The molecular weight excluding hydrogens is 402 g/mol. The summed E-state index contributed by atoms with van der Waals surface area (Å²) in [5, 5.41) is 7.05. The average molecular weight is 420 g/mol. The summed E-state index contributed by atoms with van der Waals surface area (Å²) in [7, 11) is 0. The maximum absolute atomic E-state index is 12.4. The smallest absolute Gasteiger partial charge is 0.341 e. The normalized spacial score (nSPS) is 12.9. The zero-order chi connectivity index (χ0) is 18.8. The van der Waals surface area contributed by atoms with Gasteiger partial charge in [-0.05, 0) is 43.2 Å². The van der Waals surface area contributed by atoms with Gasteiger partial charge in [0.25, 0.3) is 0 Å². The molecule has 1 N–H and O–H groups in total. The van der Waals surface area contributed by atoms with E-state index in [2.05, 4.69) is 15.3 Å². The second-order valence-electron chi connectivity index (χ2n) is 5.94. The van der Waals surface area contributed by atoms with Crippen molar-refractivity contribution in [2.75, 3.05) is 17.7 Å². The predicted molar refractivity (Wildman–Crippen MR) is 109 cm³/mol. The summed E-state index contributed by atoms with van der Waals surface area (Å²) >= 11 is 4.45. The lowest BCUT2D eigenvalue weighted by molar-refractivity contribution is -0.113. The highest BCUT2D eigenvalue weighted by Crippen LogP contribution is 2.40. The van der Waals surface area contributed by atoms with Gasteiger partial charge in [0.05, 0.1) is 17.9 Å². The van der Waals surface area contributed by atoms with Gasteiger partial charge in [-0.1, -0.05) is 11.8 Å². The Labute approximate surface area is 168 Å². The van der Waals surface area contributed by atoms with Crippen molar-refractivity contribution in [2.24, 2.45) is 0 Å². The highest BCUT2D eigenvalue weighted by atomic mass is 32.2. The molecule has 0 unspecified atom stereocenters. The van der Waals surface area contributed by atoms with Gasteiger partial charge in [0, 0.05) is 10.3 Å². The zero-order valence-electron chi connectivity index (χ0n) is 14.6. The van der Waals surface area contributed by atoms with Crippen molar-refractivity contribution in [3.8, 4) is 0 Å². The quantitative estimate of drug-likeness (QED) is 0.367. The number of thioether (sulfide) groups is 1. The van der Waals surface area contributed by atoms with E-state index in [9.17, 15) is 9.59 Å². The maximum Gasteiger partial charge on any atom is 0.341 e. The molecule has 0 saturated carbocycles. The van der Waals surface area contributed by atoms with Crippen molar-refractivity contribution in [3.63, 3.8) is 0 Å². The van der Waals surface area contributed by atoms with Crippen molar-refractivity contribution >= 4 is 61.5 Å². The number of nitrogens with one attached hydrogen (secondary N) is 1. The largest absolute Gasteiger partial charge is 0.462 e. The fourth-order valence-corrected chi connectivity index (χ4v) is 5.99. The molecule has 0 fully saturated rings. The number of aromatic nitrogens is 2. The molecule has 0 radical (unpaired) electrons. The molecule has 0 aromatic carbocycles. The molecule has 0 saturated heterocycles. The van der Waals surface area contributed by atoms with Gasteiger partial charge in [-0.2, -0.15) is 0 Å². The van der Waals surface area contributed by atoms with Crippen LogP contribution in [0.1, 0.15) is 34.1 Å². The Balaban J connectivity index is 1.46. The minimum absolute atomic E-state index is 0.174. The van der Waals surface area contributed by atoms with Gasteiger partial charge in [0.1, 0.15) is 21.2 Å². The Bertz CT molecular complexity index is 1010. The van der Waals surface area contributed by atoms with E-state index in [-0.39, 0.29) is 11.7 Å². The van der Waals surface area contributed by atoms with Crippen LogP contribution in [-0.2, 0) is 22.4 Å². The number of carbonyl (C=O) groups is 2. The Morgan fingerprint density at radius 2 is 2.22 bits per heavy atom. The van der Waals surface area contributed by atoms with E-state index in [0.29, 0.717) is 17.2 Å². The van der Waals surface area contributed by atoms with Gasteiger partial charge < -0.3 is 10.1 Å². The van der Waals surface area contributed by atoms with Crippen molar-refractivity contribution in [2.45, 2.75) is 31.2 Å². The minimum atomic E-state index is -0.423. The van der Waals surface area contributed by atoms with Gasteiger partial charge in [0.15, 0.2) is 0 Å². The maximum atomic E-state index is 12.4. The summed E-state index contributed by atoms with van der Waals surface area (Å²) in [6.45, 7) is 2.05. The summed E-state index contributed by atoms with van der Waals surface area (Å²) in [6.07, 6.45) is 4.90. The third kappa shape index (κ3) is 3.71. The molecule has 1 aliphatic rings. The first kappa shape index (κ1) is 18.4. The SMILES string of the molecule is CCOC(=O)c1ccsc1NC(=O)CSc1ncnc2sc3c(c12)CCC3. The molecular formula is C18H17N3O3S3. The van der Waals surface area contributed by atoms with Crippen molar-refractivity contribution < 1.29 is 14.3 Å². The number of hydrogen-bond donors (Lipinski definition) is 1. The van der Waals surface area contributed by atoms with E-state index in [1.54, 1.807) is 36.0 Å². The molecule has 3 aromatic rings. The number of amides is 1. The standard InChI is InChI=1S/C18H17N3O3S3/c1-2-24-18(23)11-6-7-25-15(11)21-13(22)8-26-16-14-10-4-3-5-12(10)27-17(14)20-9-19-16/h6-7,9H,2-5,8H2,1H3,(H,21,22). The van der Waals surface area contributed by atoms with Gasteiger partial charge in [0.2, 0.25) is 5.91 Å². The Morgan fingerprint density at radius 3 is 3.07 bits per heavy atom. The summed E-state index contributed by atoms with van der Waals surface area (Å²) in [6, 6.07) is 1.66. The van der Waals surface area contributed by atoms with Crippen molar-refractivity contribution in [1.29, 1.82) is 0 Å². The fraction of sp³-hybridized carbons (Fsp3) is 0.333. The van der Waals surface area contributed by atoms with E-state index < -0.39 is 5.97 Å². The number of nitrogens with zero attached hydrogens (tertiary/aromatic N) is 2. The molecule has 6 nitrogen and oxygen atoms in total. The van der Waals surface area contributed by atoms with Crippen LogP contribution in [0.4, 0.5) is 5.00 Å². The molecule has 0 spiro atoms. The molecule has 0 atom stereocenters. The van der Waals surface area contributed by atoms with Crippen LogP contribution in [0.25, 0.3) is 10.2 Å². The lowest BCUT2D eigenvalue weighted by atomic mass is 10.2. The molecule has 140 valence electrons. The second-order valence-corrected chi connectivity index (χ2v) is 8.90. The summed E-state index contributed by atoms with van der Waals surface area (Å²) in [5.41, 5.74) is 1.74. The summed E-state index contributed by atoms with van der Waals surface area (Å²) in [4.78, 5) is 35.5. The fourth-order valence-electron chi connectivity index (χ4n) is 3.08. The van der Waals surface area contributed by atoms with Crippen molar-refractivity contribution in [1.82, 2.24) is 9.97 Å². The number of fused-ring (bicyclic) bond motifs is 3. The van der Waals surface area contributed by atoms with Crippen LogP contribution < -0.4 is 5.32 Å². The number of hydrogen-bond acceptors (Lipinski definition) is 8. The number of esters is 1. The highest BCUT2D eigenvalue weighted by molar-refractivity contribution is 8.00. The second kappa shape index (κ2) is 7.95. The van der Waals surface area contributed by atoms with Crippen LogP contribution in [0, 0.1) is 0 Å². The average Bonchev–Trinajstić information content (AvgIpc) is 3.35. The minimum Gasteiger partial charge on any atom is -0.462 e. The van der Waals surface area contributed by atoms with Crippen LogP contribution in [0.5, 0.6) is 0 Å². The molecule has 0 aliphatic heterocycles. The molecule has 0 bridgehead atoms. The summed E-state index contributed by atoms with van der Waals surface area (Å²) < 4.78 is 5.02. The molecule has 3 heterocycles. The van der Waals surface area contributed by atoms with Crippen LogP contribution in [0.3, 0.4) is 0 Å². The number of anilines is 1. The topological polar surface area (TPSA) is 81.2 Å². The molecule has 9 heteroatoms. The summed E-state index contributed by atoms with van der Waals surface area (Å²) in [5.74, 6) is -0.378. The zero-order valence-corrected chi connectivity index (χ0v) is 17.1. The molecule has 4 rings (SSSR count). The van der Waals surface area contributed by atoms with Gasteiger partial charge in [-0.25, -0.2) is 14.8 Å². The van der Waals surface area contributed by atoms with E-state index in [1.165, 1.54) is 40.0 Å². The van der Waals surface area contributed by atoms with E-state index in [0.717, 1.165) is 28.1 Å². The lowest BCUT2D eigenvalue weighted by Crippen LogP contribution is -2.16. The van der Waals surface area contributed by atoms with Gasteiger partial charge in [-0.15, -0.1) is 22.7 Å². The third-order valence-electron chi connectivity index (χ3n) is 4.22. The third-order valence-corrected chi connectivity index (χ3v) is 7.24. The number of carbonyl (C=O) groups excluding carboxylic acids is 2. The van der Waals surface area contributed by atoms with E-state index in [4.69, 9.17) is 4.74 Å². The Morgan fingerprint density at radius 1 is 1.33 bits per heavy atom. The number of aryl methyl sites for hydroxylation is 2. The monoisotopic (exact) mass is 419 g/mol. The first-order valence-corrected chi connectivity index (χ1v) is 11.3. The van der Waals surface area contributed by atoms with Crippen LogP contribution in [0.2, 0.25) is 0 Å². The number of ether oxygens (including phenoxy) is 1. The molecule has 1 aliphatic carbocycles. The lowest BCUT2D eigenvalue weighted by Gasteiger charge is -2.07. The van der Waals surface area contributed by atoms with Gasteiger partial charge >= 0.3 is 5.97 Å². The first-order chi connectivity index (χ1) is 13.2. The van der Waals surface area contributed by atoms with Gasteiger partial charge in [-0.3, -0.25) is 4.79 Å². The predicted octanol–water partition coefficient (Wildman–Crippen LogP) is 4.15. The van der Waals surface area contributed by atoms with E-state index >= 15 is 0 Å². The van der Waals surface area contributed by atoms with Crippen LogP contribution >= 0.6 is 34.4 Å². The van der Waals surface area contributed by atoms with Crippen LogP contribution in [0.15, 0.2) is 22.8 Å². The Hall–Kier alpha value is -1.97. The molecule has 27 heavy (non-hydrogen) atoms. The Kier molecular flexibility index (Phi) is 5.42. The number of thiophene rings is 2. The van der Waals surface area contributed by atoms with E-state index in [1.807, 2.05) is 0 Å². The van der Waals surface area contributed by atoms with Crippen LogP contribution in [-0.4, -0.2) is 34.2 Å². The highest BCUT2D eigenvalue weighted by Gasteiger charge is 2.22. The van der Waals surface area contributed by atoms with Crippen molar-refractivity contribution in [3.05, 3.63) is 33.8 Å². The first-order valence-electron chi connectivity index (χ1n) is 8.60. The molecule has 1 amide bonds. The molecule has 3 aromatic heterocycles. The number of rotatable bonds is 6.